The maximum absolute atomic E-state index is 9.94. The van der Waals surface area contributed by atoms with Crippen LogP contribution in [0.5, 0.6) is 0 Å². The van der Waals surface area contributed by atoms with E-state index in [4.69, 9.17) is 0 Å². The van der Waals surface area contributed by atoms with Crippen LogP contribution in [0.4, 0.5) is 0 Å². The number of hydrogen-bond donors (Lipinski definition) is 2. The Morgan fingerprint density at radius 3 is 2.50 bits per heavy atom. The fourth-order valence-electron chi connectivity index (χ4n) is 4.25. The second-order valence-electron chi connectivity index (χ2n) is 7.24. The van der Waals surface area contributed by atoms with Crippen LogP contribution in [0.25, 0.3) is 0 Å². The first-order valence-electron chi connectivity index (χ1n) is 8.82. The molecule has 0 spiro atoms. The molecule has 3 rings (SSSR count). The number of hydrogen-bond acceptors (Lipinski definition) is 3. The molecule has 2 atom stereocenters. The Morgan fingerprint density at radius 1 is 1.00 bits per heavy atom. The molecular formula is C17H31NOS. The monoisotopic (exact) mass is 297 g/mol. The van der Waals surface area contributed by atoms with Gasteiger partial charge < -0.3 is 10.4 Å². The van der Waals surface area contributed by atoms with Gasteiger partial charge in [0, 0.05) is 16.8 Å². The lowest BCUT2D eigenvalue weighted by Crippen LogP contribution is -2.52. The number of nitrogens with one attached hydrogen (secondary N) is 1. The van der Waals surface area contributed by atoms with Gasteiger partial charge in [0.1, 0.15) is 0 Å². The van der Waals surface area contributed by atoms with Crippen LogP contribution in [0, 0.1) is 5.92 Å². The van der Waals surface area contributed by atoms with Crippen LogP contribution in [0.3, 0.4) is 0 Å². The van der Waals surface area contributed by atoms with Gasteiger partial charge in [0.15, 0.2) is 0 Å². The van der Waals surface area contributed by atoms with Crippen LogP contribution in [-0.4, -0.2) is 34.3 Å². The van der Waals surface area contributed by atoms with Crippen molar-refractivity contribution in [2.45, 2.75) is 87.5 Å². The first kappa shape index (κ1) is 15.2. The summed E-state index contributed by atoms with van der Waals surface area (Å²) in [5, 5.41) is 14.7. The van der Waals surface area contributed by atoms with Gasteiger partial charge in [-0.1, -0.05) is 25.7 Å². The van der Waals surface area contributed by atoms with E-state index >= 15 is 0 Å². The molecule has 2 nitrogen and oxygen atoms in total. The van der Waals surface area contributed by atoms with Crippen molar-refractivity contribution in [2.24, 2.45) is 5.92 Å². The molecule has 3 aliphatic carbocycles. The Balaban J connectivity index is 1.44. The smallest absolute Gasteiger partial charge is 0.0616 e. The molecule has 116 valence electrons. The van der Waals surface area contributed by atoms with E-state index in [-0.39, 0.29) is 5.54 Å². The quantitative estimate of drug-likeness (QED) is 0.751. The van der Waals surface area contributed by atoms with E-state index < -0.39 is 0 Å². The SMILES string of the molecule is OCC1(NC2CC2)CCCC1CCSC1CCCCC1. The van der Waals surface area contributed by atoms with Crippen molar-refractivity contribution in [3.8, 4) is 0 Å². The molecule has 0 heterocycles. The van der Waals surface area contributed by atoms with Gasteiger partial charge in [-0.05, 0) is 56.6 Å². The second kappa shape index (κ2) is 7.02. The summed E-state index contributed by atoms with van der Waals surface area (Å²) >= 11 is 2.22. The number of rotatable bonds is 7. The van der Waals surface area contributed by atoms with E-state index in [1.165, 1.54) is 76.4 Å². The standard InChI is InChI=1S/C17H31NOS/c19-13-17(18-15-8-9-15)11-4-5-14(17)10-12-20-16-6-2-1-3-7-16/h14-16,18-19H,1-13H2. The number of thioether (sulfide) groups is 1. The molecule has 3 aliphatic rings. The Morgan fingerprint density at radius 2 is 1.80 bits per heavy atom. The van der Waals surface area contributed by atoms with Crippen molar-refractivity contribution in [2.75, 3.05) is 12.4 Å². The molecule has 0 aliphatic heterocycles. The fraction of sp³-hybridized carbons (Fsp3) is 1.00. The molecule has 2 N–H and O–H groups in total. The zero-order valence-corrected chi connectivity index (χ0v) is 13.6. The fourth-order valence-corrected chi connectivity index (χ4v) is 5.67. The van der Waals surface area contributed by atoms with Gasteiger partial charge in [-0.2, -0.15) is 11.8 Å². The zero-order chi connectivity index (χ0) is 13.8. The average Bonchev–Trinajstić information content (AvgIpc) is 3.21. The van der Waals surface area contributed by atoms with E-state index in [9.17, 15) is 5.11 Å². The van der Waals surface area contributed by atoms with E-state index in [1.54, 1.807) is 0 Å². The molecule has 3 fully saturated rings. The molecule has 0 aromatic rings. The lowest BCUT2D eigenvalue weighted by molar-refractivity contribution is 0.120. The third-order valence-corrected chi connectivity index (χ3v) is 7.09. The van der Waals surface area contributed by atoms with Gasteiger partial charge in [-0.3, -0.25) is 0 Å². The molecule has 2 unspecified atom stereocenters. The first-order chi connectivity index (χ1) is 9.82. The van der Waals surface area contributed by atoms with E-state index in [1.807, 2.05) is 0 Å². The molecule has 0 aromatic carbocycles. The van der Waals surface area contributed by atoms with Gasteiger partial charge in [0.05, 0.1) is 6.61 Å². The van der Waals surface area contributed by atoms with Gasteiger partial charge in [0.2, 0.25) is 0 Å². The van der Waals surface area contributed by atoms with Crippen molar-refractivity contribution in [3.63, 3.8) is 0 Å². The topological polar surface area (TPSA) is 32.3 Å². The summed E-state index contributed by atoms with van der Waals surface area (Å²) in [6.07, 6.45) is 15.0. The predicted molar refractivity (Wildman–Crippen MR) is 87.3 cm³/mol. The molecule has 3 saturated carbocycles. The van der Waals surface area contributed by atoms with Crippen molar-refractivity contribution >= 4 is 11.8 Å². The lowest BCUT2D eigenvalue weighted by Gasteiger charge is -2.35. The van der Waals surface area contributed by atoms with E-state index in [2.05, 4.69) is 17.1 Å². The van der Waals surface area contributed by atoms with Gasteiger partial charge >= 0.3 is 0 Å². The van der Waals surface area contributed by atoms with Crippen LogP contribution >= 0.6 is 11.8 Å². The number of aliphatic hydroxyl groups is 1. The normalized spacial score (nSPS) is 35.5. The Labute approximate surface area is 128 Å². The zero-order valence-electron chi connectivity index (χ0n) is 12.8. The van der Waals surface area contributed by atoms with Crippen LogP contribution in [0.2, 0.25) is 0 Å². The molecule has 0 saturated heterocycles. The summed E-state index contributed by atoms with van der Waals surface area (Å²) in [7, 11) is 0. The summed E-state index contributed by atoms with van der Waals surface area (Å²) in [5.41, 5.74) is 0.0777. The summed E-state index contributed by atoms with van der Waals surface area (Å²) in [5.74, 6) is 2.02. The maximum atomic E-state index is 9.94. The lowest BCUT2D eigenvalue weighted by atomic mass is 9.85. The van der Waals surface area contributed by atoms with E-state index in [0.717, 1.165) is 5.25 Å². The van der Waals surface area contributed by atoms with Crippen molar-refractivity contribution in [1.29, 1.82) is 0 Å². The van der Waals surface area contributed by atoms with Crippen LogP contribution in [0.15, 0.2) is 0 Å². The average molecular weight is 298 g/mol. The summed E-state index contributed by atoms with van der Waals surface area (Å²) in [6.45, 7) is 0.349. The highest BCUT2D eigenvalue weighted by Gasteiger charge is 2.44. The Hall–Kier alpha value is 0.270. The van der Waals surface area contributed by atoms with Crippen LogP contribution in [0.1, 0.15) is 70.6 Å². The molecule has 0 aromatic heterocycles. The Kier molecular flexibility index (Phi) is 5.33. The molecule has 0 bridgehead atoms. The van der Waals surface area contributed by atoms with Crippen LogP contribution < -0.4 is 5.32 Å². The maximum Gasteiger partial charge on any atom is 0.0616 e. The highest BCUT2D eigenvalue weighted by atomic mass is 32.2. The summed E-state index contributed by atoms with van der Waals surface area (Å²) < 4.78 is 0. The molecule has 3 heteroatoms. The highest BCUT2D eigenvalue weighted by Crippen LogP contribution is 2.41. The number of aliphatic hydroxyl groups excluding tert-OH is 1. The predicted octanol–water partition coefficient (Wildman–Crippen LogP) is 3.73. The summed E-state index contributed by atoms with van der Waals surface area (Å²) in [6, 6.07) is 0.716. The third kappa shape index (κ3) is 3.72. The van der Waals surface area contributed by atoms with Crippen molar-refractivity contribution < 1.29 is 5.11 Å². The van der Waals surface area contributed by atoms with Crippen LogP contribution in [-0.2, 0) is 0 Å². The van der Waals surface area contributed by atoms with Crippen molar-refractivity contribution in [1.82, 2.24) is 5.32 Å². The van der Waals surface area contributed by atoms with Gasteiger partial charge in [0.25, 0.3) is 0 Å². The molecule has 0 amide bonds. The Bertz CT molecular complexity index is 301. The van der Waals surface area contributed by atoms with Crippen molar-refractivity contribution in [3.05, 3.63) is 0 Å². The summed E-state index contributed by atoms with van der Waals surface area (Å²) in [4.78, 5) is 0. The molecular weight excluding hydrogens is 266 g/mol. The minimum absolute atomic E-state index is 0.0777. The third-order valence-electron chi connectivity index (χ3n) is 5.68. The second-order valence-corrected chi connectivity index (χ2v) is 8.65. The molecule has 0 radical (unpaired) electrons. The minimum Gasteiger partial charge on any atom is -0.394 e. The minimum atomic E-state index is 0.0777. The first-order valence-corrected chi connectivity index (χ1v) is 9.87. The highest BCUT2D eigenvalue weighted by molar-refractivity contribution is 7.99. The van der Waals surface area contributed by atoms with Gasteiger partial charge in [-0.15, -0.1) is 0 Å². The largest absolute Gasteiger partial charge is 0.394 e. The van der Waals surface area contributed by atoms with E-state index in [0.29, 0.717) is 18.6 Å². The molecule has 20 heavy (non-hydrogen) atoms. The van der Waals surface area contributed by atoms with Gasteiger partial charge in [-0.25, -0.2) is 0 Å².